The van der Waals surface area contributed by atoms with E-state index in [1.807, 2.05) is 52.0 Å². The summed E-state index contributed by atoms with van der Waals surface area (Å²) in [5.41, 5.74) is 2.75. The average Bonchev–Trinajstić information content (AvgIpc) is 2.60. The second kappa shape index (κ2) is 9.16. The van der Waals surface area contributed by atoms with E-state index in [1.165, 1.54) is 0 Å². The summed E-state index contributed by atoms with van der Waals surface area (Å²) in [5.74, 6) is 0.698. The van der Waals surface area contributed by atoms with Crippen molar-refractivity contribution in [2.24, 2.45) is 0 Å². The third-order valence-corrected chi connectivity index (χ3v) is 5.18. The van der Waals surface area contributed by atoms with Crippen LogP contribution in [0.3, 0.4) is 0 Å². The molecule has 2 aromatic rings. The lowest BCUT2D eigenvalue weighted by atomic mass is 10.1. The number of hydrogen-bond donors (Lipinski definition) is 1. The molecule has 0 aliphatic rings. The van der Waals surface area contributed by atoms with Crippen LogP contribution in [0.4, 0.5) is 0 Å². The van der Waals surface area contributed by atoms with Gasteiger partial charge in [0, 0.05) is 13.2 Å². The van der Waals surface area contributed by atoms with Crippen molar-refractivity contribution in [1.29, 1.82) is 0 Å². The fraction of sp³-hybridized carbons (Fsp3) is 0.400. The first-order valence-electron chi connectivity index (χ1n) is 8.74. The predicted octanol–water partition coefficient (Wildman–Crippen LogP) is 3.80. The van der Waals surface area contributed by atoms with Crippen LogP contribution in [-0.4, -0.2) is 21.1 Å². The van der Waals surface area contributed by atoms with Crippen molar-refractivity contribution in [3.63, 3.8) is 0 Å². The number of ether oxygens (including phenoxy) is 2. The van der Waals surface area contributed by atoms with E-state index >= 15 is 0 Å². The Morgan fingerprint density at radius 2 is 1.69 bits per heavy atom. The van der Waals surface area contributed by atoms with Gasteiger partial charge in [0.1, 0.15) is 5.75 Å². The lowest BCUT2D eigenvalue weighted by Crippen LogP contribution is -2.23. The number of nitrogens with one attached hydrogen (secondary N) is 1. The number of benzene rings is 2. The normalized spacial score (nSPS) is 11.7. The fourth-order valence-electron chi connectivity index (χ4n) is 2.41. The van der Waals surface area contributed by atoms with Gasteiger partial charge in [0.05, 0.1) is 17.6 Å². The molecule has 0 saturated carbocycles. The summed E-state index contributed by atoms with van der Waals surface area (Å²) in [5, 5.41) is 0. The van der Waals surface area contributed by atoms with E-state index < -0.39 is 10.0 Å². The van der Waals surface area contributed by atoms with Gasteiger partial charge in [-0.3, -0.25) is 0 Å². The summed E-state index contributed by atoms with van der Waals surface area (Å²) in [4.78, 5) is 0.235. The zero-order valence-electron chi connectivity index (χ0n) is 15.8. The third kappa shape index (κ3) is 5.83. The van der Waals surface area contributed by atoms with Crippen molar-refractivity contribution < 1.29 is 17.9 Å². The van der Waals surface area contributed by atoms with E-state index in [1.54, 1.807) is 18.2 Å². The minimum atomic E-state index is -3.58. The molecule has 0 unspecified atom stereocenters. The monoisotopic (exact) mass is 377 g/mol. The molecule has 26 heavy (non-hydrogen) atoms. The van der Waals surface area contributed by atoms with Gasteiger partial charge in [-0.15, -0.1) is 0 Å². The Morgan fingerprint density at radius 1 is 1.04 bits per heavy atom. The van der Waals surface area contributed by atoms with E-state index in [2.05, 4.69) is 4.72 Å². The zero-order chi connectivity index (χ0) is 19.2. The van der Waals surface area contributed by atoms with Crippen LogP contribution < -0.4 is 9.46 Å². The Balaban J connectivity index is 2.03. The lowest BCUT2D eigenvalue weighted by Gasteiger charge is -2.14. The van der Waals surface area contributed by atoms with Crippen LogP contribution in [0.5, 0.6) is 5.75 Å². The van der Waals surface area contributed by atoms with E-state index in [0.717, 1.165) is 16.7 Å². The highest BCUT2D eigenvalue weighted by Crippen LogP contribution is 2.23. The number of hydrogen-bond acceptors (Lipinski definition) is 4. The first kappa shape index (κ1) is 20.4. The Kier molecular flexibility index (Phi) is 7.20. The van der Waals surface area contributed by atoms with E-state index in [4.69, 9.17) is 9.47 Å². The SMILES string of the molecule is CCOCc1ccc(CNS(=O)(=O)c2ccc(OC(C)C)c(C)c2)cc1. The van der Waals surface area contributed by atoms with Crippen molar-refractivity contribution in [2.45, 2.75) is 51.8 Å². The molecule has 0 atom stereocenters. The molecule has 0 fully saturated rings. The molecule has 0 aliphatic heterocycles. The molecular formula is C20H27NO4S. The first-order chi connectivity index (χ1) is 12.3. The summed E-state index contributed by atoms with van der Waals surface area (Å²) >= 11 is 0. The van der Waals surface area contributed by atoms with E-state index in [9.17, 15) is 8.42 Å². The van der Waals surface area contributed by atoms with Crippen LogP contribution in [-0.2, 0) is 27.9 Å². The molecule has 0 aliphatic carbocycles. The summed E-state index contributed by atoms with van der Waals surface area (Å²) in [7, 11) is -3.58. The standard InChI is InChI=1S/C20H27NO4S/c1-5-24-14-18-8-6-17(7-9-18)13-21-26(22,23)19-10-11-20(16(4)12-19)25-15(2)3/h6-12,15,21H,5,13-14H2,1-4H3. The second-order valence-corrected chi connectivity index (χ2v) is 8.14. The van der Waals surface area contributed by atoms with Gasteiger partial charge < -0.3 is 9.47 Å². The topological polar surface area (TPSA) is 64.6 Å². The minimum Gasteiger partial charge on any atom is -0.491 e. The van der Waals surface area contributed by atoms with Gasteiger partial charge in [0.2, 0.25) is 10.0 Å². The van der Waals surface area contributed by atoms with Gasteiger partial charge in [0.25, 0.3) is 0 Å². The maximum absolute atomic E-state index is 12.5. The maximum Gasteiger partial charge on any atom is 0.240 e. The summed E-state index contributed by atoms with van der Waals surface area (Å²) < 4.78 is 38.7. The van der Waals surface area contributed by atoms with Crippen LogP contribution >= 0.6 is 0 Å². The Labute approximate surface area is 156 Å². The molecule has 2 aromatic carbocycles. The van der Waals surface area contributed by atoms with Gasteiger partial charge in [0.15, 0.2) is 0 Å². The summed E-state index contributed by atoms with van der Waals surface area (Å²) in [6.45, 7) is 9.13. The Hall–Kier alpha value is -1.89. The highest BCUT2D eigenvalue weighted by molar-refractivity contribution is 7.89. The molecule has 142 valence electrons. The largest absolute Gasteiger partial charge is 0.491 e. The molecule has 0 spiro atoms. The molecular weight excluding hydrogens is 350 g/mol. The van der Waals surface area contributed by atoms with Gasteiger partial charge in [-0.1, -0.05) is 24.3 Å². The van der Waals surface area contributed by atoms with Crippen LogP contribution in [0, 0.1) is 6.92 Å². The van der Waals surface area contributed by atoms with Crippen molar-refractivity contribution in [3.8, 4) is 5.75 Å². The predicted molar refractivity (Wildman–Crippen MR) is 103 cm³/mol. The van der Waals surface area contributed by atoms with Gasteiger partial charge in [-0.05, 0) is 62.6 Å². The maximum atomic E-state index is 12.5. The van der Waals surface area contributed by atoms with Crippen molar-refractivity contribution in [3.05, 3.63) is 59.2 Å². The quantitative estimate of drug-likeness (QED) is 0.722. The molecule has 0 heterocycles. The smallest absolute Gasteiger partial charge is 0.240 e. The zero-order valence-corrected chi connectivity index (χ0v) is 16.6. The number of aryl methyl sites for hydroxylation is 1. The Morgan fingerprint density at radius 3 is 2.27 bits per heavy atom. The van der Waals surface area contributed by atoms with Crippen LogP contribution in [0.2, 0.25) is 0 Å². The number of sulfonamides is 1. The number of rotatable bonds is 9. The molecule has 0 radical (unpaired) electrons. The molecule has 5 nitrogen and oxygen atoms in total. The first-order valence-corrected chi connectivity index (χ1v) is 10.2. The van der Waals surface area contributed by atoms with Crippen LogP contribution in [0.25, 0.3) is 0 Å². The summed E-state index contributed by atoms with van der Waals surface area (Å²) in [6.07, 6.45) is 0.0416. The molecule has 0 saturated heterocycles. The van der Waals surface area contributed by atoms with Crippen molar-refractivity contribution in [2.75, 3.05) is 6.61 Å². The van der Waals surface area contributed by atoms with Crippen molar-refractivity contribution >= 4 is 10.0 Å². The molecule has 6 heteroatoms. The van der Waals surface area contributed by atoms with Crippen LogP contribution in [0.15, 0.2) is 47.4 Å². The van der Waals surface area contributed by atoms with Gasteiger partial charge in [-0.2, -0.15) is 0 Å². The molecule has 1 N–H and O–H groups in total. The molecule has 0 bridgehead atoms. The molecule has 0 aromatic heterocycles. The minimum absolute atomic E-state index is 0.0416. The second-order valence-electron chi connectivity index (χ2n) is 6.37. The third-order valence-electron chi connectivity index (χ3n) is 3.78. The fourth-order valence-corrected chi connectivity index (χ4v) is 3.51. The molecule has 0 amide bonds. The highest BCUT2D eigenvalue weighted by atomic mass is 32.2. The summed E-state index contributed by atoms with van der Waals surface area (Å²) in [6, 6.07) is 12.6. The van der Waals surface area contributed by atoms with E-state index in [0.29, 0.717) is 19.0 Å². The molecule has 2 rings (SSSR count). The van der Waals surface area contributed by atoms with Gasteiger partial charge in [-0.25, -0.2) is 13.1 Å². The van der Waals surface area contributed by atoms with Crippen molar-refractivity contribution in [1.82, 2.24) is 4.72 Å². The lowest BCUT2D eigenvalue weighted by molar-refractivity contribution is 0.134. The van der Waals surface area contributed by atoms with Gasteiger partial charge >= 0.3 is 0 Å². The average molecular weight is 378 g/mol. The van der Waals surface area contributed by atoms with Crippen LogP contribution in [0.1, 0.15) is 37.5 Å². The highest BCUT2D eigenvalue weighted by Gasteiger charge is 2.15. The van der Waals surface area contributed by atoms with E-state index in [-0.39, 0.29) is 17.5 Å². The Bertz CT molecular complexity index is 814.